The molecule has 0 fully saturated rings. The zero-order chi connectivity index (χ0) is 15.2. The minimum absolute atomic E-state index is 0.0272. The molecule has 0 aliphatic heterocycles. The van der Waals surface area contributed by atoms with Gasteiger partial charge in [0.2, 0.25) is 5.91 Å². The Morgan fingerprint density at radius 3 is 3.05 bits per heavy atom. The number of amides is 1. The van der Waals surface area contributed by atoms with Gasteiger partial charge in [0.1, 0.15) is 0 Å². The van der Waals surface area contributed by atoms with Crippen LogP contribution in [0.3, 0.4) is 0 Å². The first-order chi connectivity index (χ1) is 10.1. The highest BCUT2D eigenvalue weighted by atomic mass is 32.1. The van der Waals surface area contributed by atoms with Crippen LogP contribution in [0.2, 0.25) is 0 Å². The van der Waals surface area contributed by atoms with Crippen molar-refractivity contribution in [2.24, 2.45) is 0 Å². The smallest absolute Gasteiger partial charge is 0.288 e. The van der Waals surface area contributed by atoms with E-state index in [1.807, 2.05) is 14.0 Å². The quantitative estimate of drug-likeness (QED) is 0.787. The molecule has 21 heavy (non-hydrogen) atoms. The second kappa shape index (κ2) is 7.19. The summed E-state index contributed by atoms with van der Waals surface area (Å²) >= 11 is 5.11. The summed E-state index contributed by atoms with van der Waals surface area (Å²) in [5.74, 6) is 0.817. The van der Waals surface area contributed by atoms with E-state index in [1.165, 1.54) is 10.9 Å². The van der Waals surface area contributed by atoms with Gasteiger partial charge in [-0.2, -0.15) is 0 Å². The molecule has 2 rings (SSSR count). The van der Waals surface area contributed by atoms with E-state index >= 15 is 0 Å². The monoisotopic (exact) mass is 310 g/mol. The van der Waals surface area contributed by atoms with Crippen molar-refractivity contribution in [2.75, 3.05) is 20.1 Å². The first-order valence-electron chi connectivity index (χ1n) is 6.67. The number of aromatic nitrogens is 2. The molecule has 0 radical (unpaired) electrons. The molecule has 0 aliphatic carbocycles. The Balaban J connectivity index is 1.97. The topological polar surface area (TPSA) is 76.4 Å². The number of rotatable bonds is 7. The molecule has 2 aromatic rings. The molecule has 0 unspecified atom stereocenters. The average molecular weight is 310 g/mol. The molecule has 8 heteroatoms. The molecule has 2 aromatic heterocycles. The first kappa shape index (κ1) is 15.5. The largest absolute Gasteiger partial charge is 0.459 e. The number of hydrogen-bond acceptors (Lipinski definition) is 6. The van der Waals surface area contributed by atoms with Crippen LogP contribution in [0.5, 0.6) is 0 Å². The number of nitrogens with zero attached hydrogens (tertiary/aromatic N) is 3. The predicted octanol–water partition coefficient (Wildman–Crippen LogP) is 1.88. The Kier molecular flexibility index (Phi) is 5.29. The van der Waals surface area contributed by atoms with Crippen molar-refractivity contribution in [2.45, 2.75) is 20.0 Å². The van der Waals surface area contributed by atoms with Crippen LogP contribution in [-0.4, -0.2) is 40.7 Å². The number of likely N-dealkylation sites (N-methyl/N-ethyl adjacent to an activating group) is 1. The van der Waals surface area contributed by atoms with Crippen molar-refractivity contribution in [1.82, 2.24) is 20.0 Å². The summed E-state index contributed by atoms with van der Waals surface area (Å²) < 4.78 is 12.1. The number of carbonyl (C=O) groups is 1. The van der Waals surface area contributed by atoms with E-state index in [-0.39, 0.29) is 17.3 Å². The van der Waals surface area contributed by atoms with Crippen LogP contribution in [0.15, 0.2) is 27.2 Å². The summed E-state index contributed by atoms with van der Waals surface area (Å²) in [5.41, 5.74) is 0. The van der Waals surface area contributed by atoms with Crippen LogP contribution in [0.25, 0.3) is 11.7 Å². The molecule has 7 nitrogen and oxygen atoms in total. The summed E-state index contributed by atoms with van der Waals surface area (Å²) in [6.45, 7) is 3.32. The minimum atomic E-state index is -0.0272. The van der Waals surface area contributed by atoms with Crippen molar-refractivity contribution in [3.8, 4) is 11.7 Å². The molecule has 2 heterocycles. The lowest BCUT2D eigenvalue weighted by Crippen LogP contribution is -2.36. The zero-order valence-electron chi connectivity index (χ0n) is 12.0. The lowest BCUT2D eigenvalue weighted by molar-refractivity contribution is -0.122. The molecular formula is C13H18N4O3S. The molecule has 0 saturated carbocycles. The van der Waals surface area contributed by atoms with Gasteiger partial charge in [-0.1, -0.05) is 6.92 Å². The Labute approximate surface area is 127 Å². The fraction of sp³-hybridized carbons (Fsp3) is 0.462. The van der Waals surface area contributed by atoms with Crippen molar-refractivity contribution in [3.05, 3.63) is 23.2 Å². The maximum absolute atomic E-state index is 11.6. The SMILES string of the molecule is CCCNC(=O)CN(C)Cn1nc(-c2ccco2)oc1=S. The number of furan rings is 1. The van der Waals surface area contributed by atoms with E-state index in [9.17, 15) is 4.79 Å². The van der Waals surface area contributed by atoms with Gasteiger partial charge < -0.3 is 14.2 Å². The third kappa shape index (κ3) is 4.27. The van der Waals surface area contributed by atoms with Gasteiger partial charge >= 0.3 is 0 Å². The minimum Gasteiger partial charge on any atom is -0.459 e. The molecule has 1 amide bonds. The predicted molar refractivity (Wildman–Crippen MR) is 79.0 cm³/mol. The first-order valence-corrected chi connectivity index (χ1v) is 7.08. The van der Waals surface area contributed by atoms with E-state index < -0.39 is 0 Å². The van der Waals surface area contributed by atoms with Gasteiger partial charge in [0.15, 0.2) is 5.76 Å². The highest BCUT2D eigenvalue weighted by Crippen LogP contribution is 2.17. The Morgan fingerprint density at radius 1 is 1.57 bits per heavy atom. The second-order valence-electron chi connectivity index (χ2n) is 4.66. The van der Waals surface area contributed by atoms with Gasteiger partial charge in [-0.05, 0) is 37.8 Å². The maximum Gasteiger partial charge on any atom is 0.288 e. The molecule has 0 atom stereocenters. The van der Waals surface area contributed by atoms with Crippen molar-refractivity contribution < 1.29 is 13.6 Å². The van der Waals surface area contributed by atoms with Crippen molar-refractivity contribution in [3.63, 3.8) is 0 Å². The summed E-state index contributed by atoms with van der Waals surface area (Å²) in [6.07, 6.45) is 2.45. The maximum atomic E-state index is 11.6. The van der Waals surface area contributed by atoms with Crippen LogP contribution in [0.1, 0.15) is 13.3 Å². The molecular weight excluding hydrogens is 292 g/mol. The van der Waals surface area contributed by atoms with Crippen LogP contribution in [0, 0.1) is 4.84 Å². The van der Waals surface area contributed by atoms with Crippen molar-refractivity contribution in [1.29, 1.82) is 0 Å². The average Bonchev–Trinajstić information content (AvgIpc) is 3.07. The van der Waals surface area contributed by atoms with E-state index in [2.05, 4.69) is 10.4 Å². The molecule has 0 aliphatic rings. The summed E-state index contributed by atoms with van der Waals surface area (Å²) in [7, 11) is 1.81. The highest BCUT2D eigenvalue weighted by Gasteiger charge is 2.13. The van der Waals surface area contributed by atoms with Gasteiger partial charge in [-0.25, -0.2) is 4.68 Å². The second-order valence-corrected chi connectivity index (χ2v) is 5.00. The molecule has 0 saturated heterocycles. The Morgan fingerprint density at radius 2 is 2.38 bits per heavy atom. The normalized spacial score (nSPS) is 11.0. The highest BCUT2D eigenvalue weighted by molar-refractivity contribution is 7.71. The molecule has 1 N–H and O–H groups in total. The molecule has 114 valence electrons. The summed E-state index contributed by atoms with van der Waals surface area (Å²) in [5, 5.41) is 7.06. The fourth-order valence-electron chi connectivity index (χ4n) is 1.74. The zero-order valence-corrected chi connectivity index (χ0v) is 12.9. The number of hydrogen-bond donors (Lipinski definition) is 1. The van der Waals surface area contributed by atoms with E-state index in [0.29, 0.717) is 24.9 Å². The van der Waals surface area contributed by atoms with Crippen LogP contribution in [0.4, 0.5) is 0 Å². The molecule has 0 spiro atoms. The Hall–Kier alpha value is -1.93. The lowest BCUT2D eigenvalue weighted by Gasteiger charge is -2.15. The van der Waals surface area contributed by atoms with Crippen LogP contribution >= 0.6 is 12.2 Å². The van der Waals surface area contributed by atoms with Gasteiger partial charge in [0, 0.05) is 6.54 Å². The van der Waals surface area contributed by atoms with E-state index in [1.54, 1.807) is 17.0 Å². The Bertz CT molecular complexity index is 632. The number of nitrogens with one attached hydrogen (secondary N) is 1. The third-order valence-electron chi connectivity index (χ3n) is 2.70. The van der Waals surface area contributed by atoms with Crippen molar-refractivity contribution >= 4 is 18.1 Å². The van der Waals surface area contributed by atoms with E-state index in [4.69, 9.17) is 21.1 Å². The summed E-state index contributed by atoms with van der Waals surface area (Å²) in [4.78, 5) is 13.7. The fourth-order valence-corrected chi connectivity index (χ4v) is 1.92. The van der Waals surface area contributed by atoms with Gasteiger partial charge in [-0.15, -0.1) is 5.10 Å². The van der Waals surface area contributed by atoms with Gasteiger partial charge in [-0.3, -0.25) is 9.69 Å². The van der Waals surface area contributed by atoms with E-state index in [0.717, 1.165) is 6.42 Å². The third-order valence-corrected chi connectivity index (χ3v) is 2.99. The summed E-state index contributed by atoms with van der Waals surface area (Å²) in [6, 6.07) is 3.49. The standard InChI is InChI=1S/C13H18N4O3S/c1-3-6-14-11(18)8-16(2)9-17-13(21)20-12(15-17)10-5-4-7-19-10/h4-5,7H,3,6,8-9H2,1-2H3,(H,14,18). The van der Waals surface area contributed by atoms with Crippen LogP contribution in [-0.2, 0) is 11.5 Å². The van der Waals surface area contributed by atoms with Gasteiger partial charge in [0.25, 0.3) is 10.7 Å². The molecule has 0 aromatic carbocycles. The number of carbonyl (C=O) groups excluding carboxylic acids is 1. The molecule has 0 bridgehead atoms. The van der Waals surface area contributed by atoms with Crippen LogP contribution < -0.4 is 5.32 Å². The lowest BCUT2D eigenvalue weighted by atomic mass is 10.4. The van der Waals surface area contributed by atoms with Gasteiger partial charge in [0.05, 0.1) is 19.5 Å².